The van der Waals surface area contributed by atoms with E-state index in [-0.39, 0.29) is 11.3 Å². The zero-order valence-electron chi connectivity index (χ0n) is 15.3. The zero-order valence-corrected chi connectivity index (χ0v) is 16.0. The van der Waals surface area contributed by atoms with Crippen LogP contribution >= 0.6 is 11.6 Å². The van der Waals surface area contributed by atoms with Gasteiger partial charge < -0.3 is 10.3 Å². The number of imidazole rings is 1. The van der Waals surface area contributed by atoms with E-state index < -0.39 is 10.8 Å². The summed E-state index contributed by atoms with van der Waals surface area (Å²) in [5.41, 5.74) is 3.40. The van der Waals surface area contributed by atoms with Crippen molar-refractivity contribution in [1.82, 2.24) is 9.97 Å². The molecule has 7 nitrogen and oxygen atoms in total. The fourth-order valence-corrected chi connectivity index (χ4v) is 3.22. The van der Waals surface area contributed by atoms with Gasteiger partial charge in [0.15, 0.2) is 0 Å². The van der Waals surface area contributed by atoms with Crippen molar-refractivity contribution in [3.8, 4) is 11.4 Å². The van der Waals surface area contributed by atoms with Crippen molar-refractivity contribution >= 4 is 39.9 Å². The molecular weight excluding hydrogens is 392 g/mol. The molecule has 29 heavy (non-hydrogen) atoms. The van der Waals surface area contributed by atoms with E-state index in [4.69, 9.17) is 11.6 Å². The molecule has 1 heterocycles. The molecular formula is C21H15ClN4O3. The number of aromatic nitrogens is 2. The Kier molecular flexibility index (Phi) is 4.74. The first-order valence-electron chi connectivity index (χ1n) is 8.73. The Morgan fingerprint density at radius 3 is 2.69 bits per heavy atom. The summed E-state index contributed by atoms with van der Waals surface area (Å²) in [6, 6.07) is 17.0. The number of hydrogen-bond acceptors (Lipinski definition) is 4. The summed E-state index contributed by atoms with van der Waals surface area (Å²) >= 11 is 6.34. The number of aryl methyl sites for hydroxylation is 1. The van der Waals surface area contributed by atoms with Gasteiger partial charge in [0.2, 0.25) is 0 Å². The Labute approximate surface area is 170 Å². The lowest BCUT2D eigenvalue weighted by molar-refractivity contribution is -0.385. The molecule has 2 N–H and O–H groups in total. The van der Waals surface area contributed by atoms with Crippen molar-refractivity contribution in [1.29, 1.82) is 0 Å². The van der Waals surface area contributed by atoms with E-state index in [1.54, 1.807) is 37.3 Å². The van der Waals surface area contributed by atoms with Gasteiger partial charge in [-0.25, -0.2) is 4.98 Å². The number of nitrogens with one attached hydrogen (secondary N) is 2. The van der Waals surface area contributed by atoms with Crippen LogP contribution in [0.4, 0.5) is 11.4 Å². The van der Waals surface area contributed by atoms with Crippen LogP contribution in [0.15, 0.2) is 60.7 Å². The number of amides is 1. The Morgan fingerprint density at radius 1 is 1.14 bits per heavy atom. The molecule has 0 atom stereocenters. The number of nitro groups is 1. The normalized spacial score (nSPS) is 10.8. The van der Waals surface area contributed by atoms with Gasteiger partial charge in [0, 0.05) is 28.4 Å². The first-order valence-corrected chi connectivity index (χ1v) is 9.11. The van der Waals surface area contributed by atoms with Gasteiger partial charge in [-0.3, -0.25) is 14.9 Å². The van der Waals surface area contributed by atoms with Gasteiger partial charge >= 0.3 is 0 Å². The SMILES string of the molecule is Cc1ccc(C(=O)Nc2ccc(Cl)c(-c3nc4ccccc4[nH]3)c2)cc1[N+](=O)[O-]. The van der Waals surface area contributed by atoms with Crippen LogP contribution in [0.2, 0.25) is 5.02 Å². The van der Waals surface area contributed by atoms with Gasteiger partial charge in [0.25, 0.3) is 11.6 Å². The number of fused-ring (bicyclic) bond motifs is 1. The number of carbonyl (C=O) groups excluding carboxylic acids is 1. The second-order valence-corrected chi connectivity index (χ2v) is 6.92. The summed E-state index contributed by atoms with van der Waals surface area (Å²) in [4.78, 5) is 30.9. The minimum Gasteiger partial charge on any atom is -0.338 e. The maximum Gasteiger partial charge on any atom is 0.273 e. The summed E-state index contributed by atoms with van der Waals surface area (Å²) in [7, 11) is 0. The smallest absolute Gasteiger partial charge is 0.273 e. The first kappa shape index (κ1) is 18.6. The van der Waals surface area contributed by atoms with Crippen LogP contribution in [0.25, 0.3) is 22.4 Å². The lowest BCUT2D eigenvalue weighted by Gasteiger charge is -2.09. The van der Waals surface area contributed by atoms with Crippen LogP contribution in [0, 0.1) is 17.0 Å². The Morgan fingerprint density at radius 2 is 1.93 bits per heavy atom. The van der Waals surface area contributed by atoms with Crippen LogP contribution in [0.1, 0.15) is 15.9 Å². The zero-order chi connectivity index (χ0) is 20.5. The molecule has 0 unspecified atom stereocenters. The number of H-pyrrole nitrogens is 1. The molecule has 4 aromatic rings. The van der Waals surface area contributed by atoms with Crippen molar-refractivity contribution in [2.24, 2.45) is 0 Å². The average molecular weight is 407 g/mol. The van der Waals surface area contributed by atoms with E-state index in [0.717, 1.165) is 11.0 Å². The van der Waals surface area contributed by atoms with Crippen LogP contribution in [0.5, 0.6) is 0 Å². The fourth-order valence-electron chi connectivity index (χ4n) is 3.02. The third-order valence-electron chi connectivity index (χ3n) is 4.54. The largest absolute Gasteiger partial charge is 0.338 e. The molecule has 1 aromatic heterocycles. The van der Waals surface area contributed by atoms with Gasteiger partial charge in [-0.1, -0.05) is 29.8 Å². The lowest BCUT2D eigenvalue weighted by Crippen LogP contribution is -2.12. The molecule has 0 aliphatic rings. The minimum absolute atomic E-state index is 0.100. The predicted molar refractivity (Wildman–Crippen MR) is 112 cm³/mol. The summed E-state index contributed by atoms with van der Waals surface area (Å²) < 4.78 is 0. The van der Waals surface area contributed by atoms with E-state index >= 15 is 0 Å². The molecule has 0 aliphatic heterocycles. The number of rotatable bonds is 4. The maximum absolute atomic E-state index is 12.6. The number of aromatic amines is 1. The molecule has 1 amide bonds. The van der Waals surface area contributed by atoms with Crippen molar-refractivity contribution in [3.05, 3.63) is 86.9 Å². The minimum atomic E-state index is -0.506. The summed E-state index contributed by atoms with van der Waals surface area (Å²) in [5.74, 6) is 0.129. The van der Waals surface area contributed by atoms with Crippen LogP contribution in [-0.2, 0) is 0 Å². The van der Waals surface area contributed by atoms with E-state index in [9.17, 15) is 14.9 Å². The molecule has 0 spiro atoms. The van der Waals surface area contributed by atoms with Gasteiger partial charge in [0.1, 0.15) is 5.82 Å². The number of carbonyl (C=O) groups is 1. The second-order valence-electron chi connectivity index (χ2n) is 6.51. The van der Waals surface area contributed by atoms with E-state index in [1.165, 1.54) is 6.07 Å². The highest BCUT2D eigenvalue weighted by atomic mass is 35.5. The molecule has 0 saturated carbocycles. The fraction of sp³-hybridized carbons (Fsp3) is 0.0476. The summed E-state index contributed by atoms with van der Waals surface area (Å²) in [6.45, 7) is 1.62. The Hall–Kier alpha value is -3.71. The lowest BCUT2D eigenvalue weighted by atomic mass is 10.1. The van der Waals surface area contributed by atoms with Crippen LogP contribution < -0.4 is 5.32 Å². The summed E-state index contributed by atoms with van der Waals surface area (Å²) in [6.07, 6.45) is 0. The first-order chi connectivity index (χ1) is 13.9. The highest BCUT2D eigenvalue weighted by molar-refractivity contribution is 6.33. The molecule has 0 fully saturated rings. The maximum atomic E-state index is 12.6. The van der Waals surface area contributed by atoms with E-state index in [2.05, 4.69) is 15.3 Å². The van der Waals surface area contributed by atoms with Gasteiger partial charge in [-0.2, -0.15) is 0 Å². The molecule has 8 heteroatoms. The molecule has 144 valence electrons. The Bertz CT molecular complexity index is 1230. The van der Waals surface area contributed by atoms with Crippen molar-refractivity contribution in [3.63, 3.8) is 0 Å². The van der Waals surface area contributed by atoms with Gasteiger partial charge in [-0.05, 0) is 43.3 Å². The van der Waals surface area contributed by atoms with Crippen LogP contribution in [0.3, 0.4) is 0 Å². The van der Waals surface area contributed by atoms with Gasteiger partial charge in [0.05, 0.1) is 21.0 Å². The van der Waals surface area contributed by atoms with Crippen molar-refractivity contribution in [2.75, 3.05) is 5.32 Å². The highest BCUT2D eigenvalue weighted by Gasteiger charge is 2.16. The molecule has 4 rings (SSSR count). The highest BCUT2D eigenvalue weighted by Crippen LogP contribution is 2.30. The number of benzene rings is 3. The topological polar surface area (TPSA) is 101 Å². The predicted octanol–water partition coefficient (Wildman–Crippen LogP) is 5.35. The number of nitro benzene ring substituents is 1. The third kappa shape index (κ3) is 3.68. The molecule has 0 bridgehead atoms. The summed E-state index contributed by atoms with van der Waals surface area (Å²) in [5, 5.41) is 14.3. The molecule has 0 radical (unpaired) electrons. The second kappa shape index (κ2) is 7.37. The van der Waals surface area contributed by atoms with Gasteiger partial charge in [-0.15, -0.1) is 0 Å². The molecule has 0 aliphatic carbocycles. The van der Waals surface area contributed by atoms with Crippen LogP contribution in [-0.4, -0.2) is 20.8 Å². The number of nitrogens with zero attached hydrogens (tertiary/aromatic N) is 2. The van der Waals surface area contributed by atoms with E-state index in [0.29, 0.717) is 27.7 Å². The number of hydrogen-bond donors (Lipinski definition) is 2. The number of para-hydroxylation sites is 2. The quantitative estimate of drug-likeness (QED) is 0.352. The third-order valence-corrected chi connectivity index (χ3v) is 4.87. The Balaban J connectivity index is 1.65. The monoisotopic (exact) mass is 406 g/mol. The number of halogens is 1. The average Bonchev–Trinajstić information content (AvgIpc) is 3.13. The van der Waals surface area contributed by atoms with Crippen molar-refractivity contribution in [2.45, 2.75) is 6.92 Å². The molecule has 0 saturated heterocycles. The molecule has 3 aromatic carbocycles. The van der Waals surface area contributed by atoms with Crippen molar-refractivity contribution < 1.29 is 9.72 Å². The van der Waals surface area contributed by atoms with E-state index in [1.807, 2.05) is 24.3 Å². The number of anilines is 1. The standard InChI is InChI=1S/C21H15ClN4O3/c1-12-6-7-13(10-19(12)26(28)29)21(27)23-14-8-9-16(22)15(11-14)20-24-17-4-2-3-5-18(17)25-20/h2-11H,1H3,(H,23,27)(H,24,25).